The highest BCUT2D eigenvalue weighted by Gasteiger charge is 2.24. The molecular formula is C13H19ClN2O2. The second-order valence-electron chi connectivity index (χ2n) is 4.33. The monoisotopic (exact) mass is 270 g/mol. The Morgan fingerprint density at radius 3 is 2.61 bits per heavy atom. The van der Waals surface area contributed by atoms with Crippen molar-refractivity contribution in [2.24, 2.45) is 5.73 Å². The number of halogens is 1. The number of ether oxygens (including phenoxy) is 1. The second kappa shape index (κ2) is 6.73. The van der Waals surface area contributed by atoms with Crippen molar-refractivity contribution in [3.05, 3.63) is 35.4 Å². The molecule has 2 N–H and O–H groups in total. The van der Waals surface area contributed by atoms with E-state index in [2.05, 4.69) is 0 Å². The first-order chi connectivity index (χ1) is 8.22. The lowest BCUT2D eigenvalue weighted by molar-refractivity contribution is 0.0711. The summed E-state index contributed by atoms with van der Waals surface area (Å²) >= 11 is 0. The highest BCUT2D eigenvalue weighted by Crippen LogP contribution is 2.14. The standard InChI is InChI=1S/C13H18N2O2.ClH/c1-15(12-6-7-17-9-12)13(16)11-4-2-10(8-14)3-5-11;/h2-5,12H,6-9,14H2,1H3;1H. The number of amides is 1. The molecule has 0 aliphatic carbocycles. The van der Waals surface area contributed by atoms with Crippen LogP contribution in [0.25, 0.3) is 0 Å². The zero-order valence-corrected chi connectivity index (χ0v) is 11.3. The molecule has 1 saturated heterocycles. The Hall–Kier alpha value is -1.10. The molecule has 2 rings (SSSR count). The quantitative estimate of drug-likeness (QED) is 0.904. The van der Waals surface area contributed by atoms with Gasteiger partial charge in [0.05, 0.1) is 12.6 Å². The van der Waals surface area contributed by atoms with Crippen molar-refractivity contribution in [2.75, 3.05) is 20.3 Å². The van der Waals surface area contributed by atoms with Crippen LogP contribution in [0.15, 0.2) is 24.3 Å². The number of carbonyl (C=O) groups is 1. The summed E-state index contributed by atoms with van der Waals surface area (Å²) in [5.74, 6) is 0.0454. The molecule has 0 saturated carbocycles. The molecule has 18 heavy (non-hydrogen) atoms. The molecule has 5 heteroatoms. The van der Waals surface area contributed by atoms with Crippen LogP contribution in [0.3, 0.4) is 0 Å². The predicted octanol–water partition coefficient (Wildman–Crippen LogP) is 1.43. The smallest absolute Gasteiger partial charge is 0.253 e. The molecule has 0 aromatic heterocycles. The van der Waals surface area contributed by atoms with Crippen LogP contribution in [0.1, 0.15) is 22.3 Å². The van der Waals surface area contributed by atoms with E-state index in [4.69, 9.17) is 10.5 Å². The first-order valence-electron chi connectivity index (χ1n) is 5.86. The Labute approximate surface area is 114 Å². The van der Waals surface area contributed by atoms with Gasteiger partial charge in [-0.2, -0.15) is 0 Å². The largest absolute Gasteiger partial charge is 0.379 e. The minimum atomic E-state index is 0. The van der Waals surface area contributed by atoms with E-state index in [0.717, 1.165) is 18.6 Å². The maximum absolute atomic E-state index is 12.2. The van der Waals surface area contributed by atoms with Crippen molar-refractivity contribution in [2.45, 2.75) is 19.0 Å². The minimum absolute atomic E-state index is 0. The van der Waals surface area contributed by atoms with Crippen molar-refractivity contribution >= 4 is 18.3 Å². The topological polar surface area (TPSA) is 55.6 Å². The summed E-state index contributed by atoms with van der Waals surface area (Å²) in [6.45, 7) is 1.89. The van der Waals surface area contributed by atoms with Gasteiger partial charge in [0, 0.05) is 25.8 Å². The van der Waals surface area contributed by atoms with E-state index in [1.165, 1.54) is 0 Å². The normalized spacial score (nSPS) is 18.2. The third-order valence-electron chi connectivity index (χ3n) is 3.21. The van der Waals surface area contributed by atoms with E-state index in [1.807, 2.05) is 31.3 Å². The fraction of sp³-hybridized carbons (Fsp3) is 0.462. The summed E-state index contributed by atoms with van der Waals surface area (Å²) in [5, 5.41) is 0. The number of benzene rings is 1. The number of rotatable bonds is 3. The van der Waals surface area contributed by atoms with Gasteiger partial charge < -0.3 is 15.4 Å². The summed E-state index contributed by atoms with van der Waals surface area (Å²) < 4.78 is 5.29. The lowest BCUT2D eigenvalue weighted by Gasteiger charge is -2.23. The van der Waals surface area contributed by atoms with Crippen LogP contribution < -0.4 is 5.73 Å². The van der Waals surface area contributed by atoms with Gasteiger partial charge in [-0.3, -0.25) is 4.79 Å². The lowest BCUT2D eigenvalue weighted by Crippen LogP contribution is -2.37. The summed E-state index contributed by atoms with van der Waals surface area (Å²) in [6, 6.07) is 7.66. The lowest BCUT2D eigenvalue weighted by atomic mass is 10.1. The molecule has 1 aliphatic rings. The first-order valence-corrected chi connectivity index (χ1v) is 5.86. The molecule has 1 aromatic rings. The maximum Gasteiger partial charge on any atom is 0.253 e. The molecule has 1 unspecified atom stereocenters. The Balaban J connectivity index is 0.00000162. The van der Waals surface area contributed by atoms with E-state index in [9.17, 15) is 4.79 Å². The summed E-state index contributed by atoms with van der Waals surface area (Å²) in [7, 11) is 1.83. The average molecular weight is 271 g/mol. The highest BCUT2D eigenvalue weighted by molar-refractivity contribution is 5.94. The molecule has 0 bridgehead atoms. The van der Waals surface area contributed by atoms with Crippen LogP contribution >= 0.6 is 12.4 Å². The Morgan fingerprint density at radius 2 is 2.11 bits per heavy atom. The van der Waals surface area contributed by atoms with E-state index >= 15 is 0 Å². The molecule has 0 radical (unpaired) electrons. The van der Waals surface area contributed by atoms with Gasteiger partial charge >= 0.3 is 0 Å². The third-order valence-corrected chi connectivity index (χ3v) is 3.21. The van der Waals surface area contributed by atoms with Gasteiger partial charge in [-0.1, -0.05) is 12.1 Å². The van der Waals surface area contributed by atoms with Crippen molar-refractivity contribution in [1.82, 2.24) is 4.90 Å². The van der Waals surface area contributed by atoms with E-state index < -0.39 is 0 Å². The van der Waals surface area contributed by atoms with E-state index in [1.54, 1.807) is 4.90 Å². The van der Waals surface area contributed by atoms with Crippen molar-refractivity contribution in [3.8, 4) is 0 Å². The average Bonchev–Trinajstić information content (AvgIpc) is 2.91. The van der Waals surface area contributed by atoms with Crippen LogP contribution in [-0.4, -0.2) is 37.1 Å². The Morgan fingerprint density at radius 1 is 1.44 bits per heavy atom. The van der Waals surface area contributed by atoms with Crippen LogP contribution in [-0.2, 0) is 11.3 Å². The number of nitrogens with zero attached hydrogens (tertiary/aromatic N) is 1. The van der Waals surface area contributed by atoms with Gasteiger partial charge in [0.25, 0.3) is 5.91 Å². The van der Waals surface area contributed by atoms with Gasteiger partial charge in [0.2, 0.25) is 0 Å². The zero-order valence-electron chi connectivity index (χ0n) is 10.5. The Kier molecular flexibility index (Phi) is 5.59. The zero-order chi connectivity index (χ0) is 12.3. The molecule has 1 fully saturated rings. The first kappa shape index (κ1) is 15.0. The number of carbonyl (C=O) groups excluding carboxylic acids is 1. The van der Waals surface area contributed by atoms with Crippen molar-refractivity contribution < 1.29 is 9.53 Å². The predicted molar refractivity (Wildman–Crippen MR) is 72.9 cm³/mol. The fourth-order valence-electron chi connectivity index (χ4n) is 1.98. The van der Waals surface area contributed by atoms with Gasteiger partial charge in [0.1, 0.15) is 0 Å². The molecule has 1 amide bonds. The summed E-state index contributed by atoms with van der Waals surface area (Å²) in [4.78, 5) is 13.9. The number of hydrogen-bond donors (Lipinski definition) is 1. The third kappa shape index (κ3) is 3.22. The SMILES string of the molecule is CN(C(=O)c1ccc(CN)cc1)C1CCOC1.Cl. The second-order valence-corrected chi connectivity index (χ2v) is 4.33. The maximum atomic E-state index is 12.2. The number of hydrogen-bond acceptors (Lipinski definition) is 3. The van der Waals surface area contributed by atoms with Gasteiger partial charge in [-0.25, -0.2) is 0 Å². The van der Waals surface area contributed by atoms with Crippen LogP contribution in [0, 0.1) is 0 Å². The molecule has 1 heterocycles. The summed E-state index contributed by atoms with van der Waals surface area (Å²) in [6.07, 6.45) is 0.920. The van der Waals surface area contributed by atoms with Crippen LogP contribution in [0.4, 0.5) is 0 Å². The molecular weight excluding hydrogens is 252 g/mol. The summed E-state index contributed by atoms with van der Waals surface area (Å²) in [5.41, 5.74) is 7.26. The highest BCUT2D eigenvalue weighted by atomic mass is 35.5. The molecule has 0 spiro atoms. The molecule has 1 aromatic carbocycles. The molecule has 4 nitrogen and oxygen atoms in total. The van der Waals surface area contributed by atoms with E-state index in [0.29, 0.717) is 18.7 Å². The Bertz CT molecular complexity index is 388. The number of nitrogens with two attached hydrogens (primary N) is 1. The fourth-order valence-corrected chi connectivity index (χ4v) is 1.98. The van der Waals surface area contributed by atoms with Crippen LogP contribution in [0.2, 0.25) is 0 Å². The molecule has 1 aliphatic heterocycles. The number of likely N-dealkylation sites (N-methyl/N-ethyl adjacent to an activating group) is 1. The van der Waals surface area contributed by atoms with Crippen molar-refractivity contribution in [1.29, 1.82) is 0 Å². The molecule has 1 atom stereocenters. The van der Waals surface area contributed by atoms with Crippen molar-refractivity contribution in [3.63, 3.8) is 0 Å². The van der Waals surface area contributed by atoms with Gasteiger partial charge in [-0.05, 0) is 24.1 Å². The van der Waals surface area contributed by atoms with Crippen LogP contribution in [0.5, 0.6) is 0 Å². The van der Waals surface area contributed by atoms with E-state index in [-0.39, 0.29) is 24.4 Å². The minimum Gasteiger partial charge on any atom is -0.379 e. The van der Waals surface area contributed by atoms with Gasteiger partial charge in [-0.15, -0.1) is 12.4 Å². The molecule has 100 valence electrons. The van der Waals surface area contributed by atoms with Gasteiger partial charge in [0.15, 0.2) is 0 Å².